The van der Waals surface area contributed by atoms with Crippen molar-refractivity contribution in [3.8, 4) is 17.2 Å². The lowest BCUT2D eigenvalue weighted by Gasteiger charge is -2.04. The van der Waals surface area contributed by atoms with Gasteiger partial charge in [-0.15, -0.1) is 5.10 Å². The van der Waals surface area contributed by atoms with E-state index in [1.54, 1.807) is 41.2 Å². The summed E-state index contributed by atoms with van der Waals surface area (Å²) in [5, 5.41) is 16.7. The van der Waals surface area contributed by atoms with Gasteiger partial charge in [0.15, 0.2) is 5.78 Å². The number of hydrogen-bond acceptors (Lipinski definition) is 7. The van der Waals surface area contributed by atoms with Crippen LogP contribution in [0.2, 0.25) is 0 Å². The summed E-state index contributed by atoms with van der Waals surface area (Å²) in [6.45, 7) is -0.226. The number of hydrogen-bond donors (Lipinski definition) is 0. The summed E-state index contributed by atoms with van der Waals surface area (Å²) in [6, 6.07) is 17.9. The van der Waals surface area contributed by atoms with Gasteiger partial charge in [0.05, 0.1) is 5.69 Å². The Labute approximate surface area is 183 Å². The molecule has 0 unspecified atom stereocenters. The number of carbonyl (C=O) groups excluding carboxylic acids is 1. The van der Waals surface area contributed by atoms with E-state index >= 15 is 0 Å². The van der Waals surface area contributed by atoms with Gasteiger partial charge in [-0.3, -0.25) is 4.79 Å². The van der Waals surface area contributed by atoms with E-state index in [4.69, 9.17) is 4.42 Å². The van der Waals surface area contributed by atoms with Crippen molar-refractivity contribution in [1.82, 2.24) is 30.0 Å². The number of tetrazole rings is 1. The highest BCUT2D eigenvalue weighted by Gasteiger charge is 2.19. The van der Waals surface area contributed by atoms with Crippen molar-refractivity contribution in [1.29, 1.82) is 0 Å². The number of rotatable bonds is 5. The normalized spacial score (nSPS) is 11.1. The fourth-order valence-corrected chi connectivity index (χ4v) is 3.42. The second-order valence-electron chi connectivity index (χ2n) is 6.69. The lowest BCUT2D eigenvalue weighted by Crippen LogP contribution is -2.20. The van der Waals surface area contributed by atoms with E-state index in [1.165, 1.54) is 10.7 Å². The summed E-state index contributed by atoms with van der Waals surface area (Å²) in [4.78, 5) is 25.1. The lowest BCUT2D eigenvalue weighted by atomic mass is 10.1. The zero-order valence-electron chi connectivity index (χ0n) is 15.8. The second-order valence-corrected chi connectivity index (χ2v) is 7.61. The number of fused-ring (bicyclic) bond motifs is 1. The molecule has 5 aromatic rings. The highest BCUT2D eigenvalue weighted by molar-refractivity contribution is 9.10. The van der Waals surface area contributed by atoms with Crippen molar-refractivity contribution in [2.24, 2.45) is 0 Å². The molecule has 0 aliphatic rings. The first kappa shape index (κ1) is 19.1. The highest BCUT2D eigenvalue weighted by Crippen LogP contribution is 2.18. The van der Waals surface area contributed by atoms with Crippen molar-refractivity contribution in [3.63, 3.8) is 0 Å². The second kappa shape index (κ2) is 7.73. The minimum absolute atomic E-state index is 0.0551. The Hall–Kier alpha value is -3.92. The molecule has 0 spiro atoms. The minimum Gasteiger partial charge on any atom is -0.422 e. The average Bonchev–Trinajstić information content (AvgIpc) is 3.43. The molecule has 3 heterocycles. The van der Waals surface area contributed by atoms with Crippen LogP contribution in [0.25, 0.3) is 28.2 Å². The number of Topliss-reactive ketones (excluding diaryl/α,β-unsaturated/α-hetero) is 1. The molecular formula is C21H13BrN6O3. The third-order valence-electron chi connectivity index (χ3n) is 4.68. The monoisotopic (exact) mass is 476 g/mol. The smallest absolute Gasteiger partial charge is 0.347 e. The molecule has 0 aliphatic carbocycles. The molecule has 5 rings (SSSR count). The molecule has 9 nitrogen and oxygen atoms in total. The van der Waals surface area contributed by atoms with E-state index in [2.05, 4.69) is 36.6 Å². The molecule has 0 saturated heterocycles. The van der Waals surface area contributed by atoms with Gasteiger partial charge in [0.25, 0.3) is 0 Å². The highest BCUT2D eigenvalue weighted by atomic mass is 79.9. The van der Waals surface area contributed by atoms with Gasteiger partial charge in [-0.2, -0.15) is 5.10 Å². The Balaban J connectivity index is 1.44. The van der Waals surface area contributed by atoms with E-state index in [1.807, 2.05) is 24.3 Å². The van der Waals surface area contributed by atoms with Crippen LogP contribution in [0, 0.1) is 0 Å². The fraction of sp³-hybridized carbons (Fsp3) is 0.0476. The molecule has 10 heteroatoms. The molecule has 0 aliphatic heterocycles. The molecular weight excluding hydrogens is 464 g/mol. The molecule has 0 atom stereocenters. The maximum atomic E-state index is 12.8. The maximum absolute atomic E-state index is 12.8. The van der Waals surface area contributed by atoms with Gasteiger partial charge in [-0.25, -0.2) is 14.2 Å². The van der Waals surface area contributed by atoms with Gasteiger partial charge >= 0.3 is 5.63 Å². The largest absolute Gasteiger partial charge is 0.422 e. The zero-order chi connectivity index (χ0) is 21.4. The number of nitrogens with zero attached hydrogens (tertiary/aromatic N) is 6. The van der Waals surface area contributed by atoms with Crippen LogP contribution in [-0.4, -0.2) is 35.8 Å². The first-order valence-electron chi connectivity index (χ1n) is 9.23. The number of halogens is 1. The molecule has 0 amide bonds. The van der Waals surface area contributed by atoms with Gasteiger partial charge in [0.2, 0.25) is 5.82 Å². The Morgan fingerprint density at radius 2 is 1.87 bits per heavy atom. The van der Waals surface area contributed by atoms with Crippen LogP contribution in [0.15, 0.2) is 80.5 Å². The van der Waals surface area contributed by atoms with Crippen LogP contribution in [-0.2, 0) is 6.54 Å². The fourth-order valence-electron chi connectivity index (χ4n) is 3.15. The summed E-state index contributed by atoms with van der Waals surface area (Å²) in [5.74, 6) is -0.144. The van der Waals surface area contributed by atoms with Crippen LogP contribution >= 0.6 is 15.9 Å². The van der Waals surface area contributed by atoms with Crippen molar-refractivity contribution in [2.45, 2.75) is 6.54 Å². The standard InChI is InChI=1S/C21H13BrN6O3/c22-14-5-7-15(8-6-14)27-10-9-17(24-27)20-23-25-26-28(20)12-18(29)16-11-13-3-1-2-4-19(13)31-21(16)30/h1-11H,12H2. The van der Waals surface area contributed by atoms with Crippen LogP contribution in [0.4, 0.5) is 0 Å². The molecule has 2 aromatic carbocycles. The predicted molar refractivity (Wildman–Crippen MR) is 115 cm³/mol. The van der Waals surface area contributed by atoms with E-state index in [-0.39, 0.29) is 12.1 Å². The number of ketones is 1. The average molecular weight is 477 g/mol. The Morgan fingerprint density at radius 1 is 1.06 bits per heavy atom. The number of benzene rings is 2. The molecule has 152 valence electrons. The third-order valence-corrected chi connectivity index (χ3v) is 5.21. The number of aromatic nitrogens is 6. The van der Waals surface area contributed by atoms with Crippen molar-refractivity contribution >= 4 is 32.7 Å². The predicted octanol–water partition coefficient (Wildman–Crippen LogP) is 3.28. The lowest BCUT2D eigenvalue weighted by molar-refractivity contribution is 0.0964. The molecule has 31 heavy (non-hydrogen) atoms. The van der Waals surface area contributed by atoms with Crippen molar-refractivity contribution in [3.05, 3.63) is 87.3 Å². The van der Waals surface area contributed by atoms with Crippen molar-refractivity contribution in [2.75, 3.05) is 0 Å². The van der Waals surface area contributed by atoms with Gasteiger partial charge in [-0.1, -0.05) is 34.1 Å². The molecule has 0 N–H and O–H groups in total. The Bertz CT molecular complexity index is 1470. The van der Waals surface area contributed by atoms with Crippen LogP contribution in [0.5, 0.6) is 0 Å². The zero-order valence-corrected chi connectivity index (χ0v) is 17.4. The molecule has 3 aromatic heterocycles. The van der Waals surface area contributed by atoms with E-state index in [9.17, 15) is 9.59 Å². The van der Waals surface area contributed by atoms with E-state index in [0.717, 1.165) is 10.2 Å². The van der Waals surface area contributed by atoms with Crippen LogP contribution in [0.3, 0.4) is 0 Å². The summed E-state index contributed by atoms with van der Waals surface area (Å²) in [5.41, 5.74) is 1.02. The van der Waals surface area contributed by atoms with Gasteiger partial charge in [0.1, 0.15) is 23.4 Å². The SMILES string of the molecule is O=C(Cn1nnnc1-c1ccn(-c2ccc(Br)cc2)n1)c1cc2ccccc2oc1=O. The van der Waals surface area contributed by atoms with Crippen molar-refractivity contribution < 1.29 is 9.21 Å². The molecule has 0 saturated carbocycles. The molecule has 0 bridgehead atoms. The first-order chi connectivity index (χ1) is 15.1. The van der Waals surface area contributed by atoms with Gasteiger partial charge < -0.3 is 4.42 Å². The van der Waals surface area contributed by atoms with Gasteiger partial charge in [-0.05, 0) is 52.9 Å². The first-order valence-corrected chi connectivity index (χ1v) is 10.0. The minimum atomic E-state index is -0.696. The van der Waals surface area contributed by atoms with Gasteiger partial charge in [0, 0.05) is 16.1 Å². The number of para-hydroxylation sites is 1. The molecule has 0 radical (unpaired) electrons. The van der Waals surface area contributed by atoms with E-state index < -0.39 is 11.4 Å². The topological polar surface area (TPSA) is 109 Å². The third kappa shape index (κ3) is 3.68. The Morgan fingerprint density at radius 3 is 2.71 bits per heavy atom. The number of carbonyl (C=O) groups is 1. The van der Waals surface area contributed by atoms with Crippen LogP contribution < -0.4 is 5.63 Å². The summed E-state index contributed by atoms with van der Waals surface area (Å²) in [7, 11) is 0. The quantitative estimate of drug-likeness (QED) is 0.282. The summed E-state index contributed by atoms with van der Waals surface area (Å²) >= 11 is 3.40. The van der Waals surface area contributed by atoms with Crippen LogP contribution in [0.1, 0.15) is 10.4 Å². The maximum Gasteiger partial charge on any atom is 0.347 e. The molecule has 0 fully saturated rings. The summed E-state index contributed by atoms with van der Waals surface area (Å²) in [6.07, 6.45) is 1.78. The van der Waals surface area contributed by atoms with E-state index in [0.29, 0.717) is 22.5 Å². The summed E-state index contributed by atoms with van der Waals surface area (Å²) < 4.78 is 9.21. The Kier molecular flexibility index (Phi) is 4.75.